The van der Waals surface area contributed by atoms with Crippen LogP contribution in [-0.4, -0.2) is 61.6 Å². The molecule has 0 spiro atoms. The molecule has 104 valence electrons. The van der Waals surface area contributed by atoms with Crippen molar-refractivity contribution in [1.29, 1.82) is 0 Å². The molecule has 0 N–H and O–H groups in total. The molecule has 0 saturated carbocycles. The van der Waals surface area contributed by atoms with E-state index >= 15 is 0 Å². The monoisotopic (exact) mass is 254 g/mol. The Bertz CT molecular complexity index is 263. The van der Waals surface area contributed by atoms with Gasteiger partial charge in [-0.15, -0.1) is 0 Å². The fourth-order valence-corrected chi connectivity index (χ4v) is 2.91. The summed E-state index contributed by atoms with van der Waals surface area (Å²) in [5, 5.41) is 0. The van der Waals surface area contributed by atoms with Crippen LogP contribution >= 0.6 is 0 Å². The lowest BCUT2D eigenvalue weighted by Gasteiger charge is -2.26. The minimum atomic E-state index is 0.251. The maximum atomic E-state index is 12.2. The van der Waals surface area contributed by atoms with Gasteiger partial charge in [-0.2, -0.15) is 0 Å². The van der Waals surface area contributed by atoms with Crippen molar-refractivity contribution in [2.75, 3.05) is 39.8 Å². The Balaban J connectivity index is 1.75. The van der Waals surface area contributed by atoms with Crippen LogP contribution in [0, 0.1) is 0 Å². The fourth-order valence-electron chi connectivity index (χ4n) is 2.91. The summed E-state index contributed by atoms with van der Waals surface area (Å²) >= 11 is 0. The average Bonchev–Trinajstić information content (AvgIpc) is 2.81. The molecule has 0 aromatic rings. The molecular formula is C14H26N2O2. The Hall–Kier alpha value is -0.610. The minimum absolute atomic E-state index is 0.251. The van der Waals surface area contributed by atoms with Crippen LogP contribution in [0.2, 0.25) is 0 Å². The van der Waals surface area contributed by atoms with E-state index in [2.05, 4.69) is 4.90 Å². The maximum Gasteiger partial charge on any atom is 0.236 e. The van der Waals surface area contributed by atoms with E-state index in [1.807, 2.05) is 4.90 Å². The lowest BCUT2D eigenvalue weighted by atomic mass is 10.1. The molecule has 0 bridgehead atoms. The van der Waals surface area contributed by atoms with Crippen molar-refractivity contribution in [3.63, 3.8) is 0 Å². The summed E-state index contributed by atoms with van der Waals surface area (Å²) in [5.41, 5.74) is 0. The smallest absolute Gasteiger partial charge is 0.236 e. The summed E-state index contributed by atoms with van der Waals surface area (Å²) < 4.78 is 5.31. The van der Waals surface area contributed by atoms with Gasteiger partial charge in [-0.25, -0.2) is 0 Å². The summed E-state index contributed by atoms with van der Waals surface area (Å²) in [6, 6.07) is 0. The van der Waals surface area contributed by atoms with E-state index < -0.39 is 0 Å². The van der Waals surface area contributed by atoms with E-state index in [9.17, 15) is 4.79 Å². The van der Waals surface area contributed by atoms with Crippen molar-refractivity contribution in [2.24, 2.45) is 0 Å². The van der Waals surface area contributed by atoms with Crippen LogP contribution in [0.4, 0.5) is 0 Å². The number of methoxy groups -OCH3 is 1. The first kappa shape index (κ1) is 13.8. The summed E-state index contributed by atoms with van der Waals surface area (Å²) in [5.74, 6) is 0.287. The average molecular weight is 254 g/mol. The highest BCUT2D eigenvalue weighted by Crippen LogP contribution is 2.14. The maximum absolute atomic E-state index is 12.2. The summed E-state index contributed by atoms with van der Waals surface area (Å²) in [6.07, 6.45) is 7.73. The highest BCUT2D eigenvalue weighted by Gasteiger charge is 2.26. The molecule has 1 amide bonds. The molecule has 2 rings (SSSR count). The highest BCUT2D eigenvalue weighted by atomic mass is 16.5. The second-order valence-electron chi connectivity index (χ2n) is 5.53. The topological polar surface area (TPSA) is 32.8 Å². The lowest BCUT2D eigenvalue weighted by Crippen LogP contribution is -2.40. The molecule has 2 saturated heterocycles. The summed E-state index contributed by atoms with van der Waals surface area (Å²) in [6.45, 7) is 4.44. The number of rotatable bonds is 3. The van der Waals surface area contributed by atoms with Gasteiger partial charge in [-0.3, -0.25) is 9.69 Å². The molecular weight excluding hydrogens is 228 g/mol. The fraction of sp³-hybridized carbons (Fsp3) is 0.929. The van der Waals surface area contributed by atoms with Crippen LogP contribution in [0.15, 0.2) is 0 Å². The molecule has 0 aliphatic carbocycles. The highest BCUT2D eigenvalue weighted by molar-refractivity contribution is 5.78. The first-order valence-corrected chi connectivity index (χ1v) is 7.32. The van der Waals surface area contributed by atoms with Gasteiger partial charge in [-0.1, -0.05) is 19.3 Å². The zero-order valence-electron chi connectivity index (χ0n) is 11.6. The third kappa shape index (κ3) is 3.95. The van der Waals surface area contributed by atoms with E-state index in [4.69, 9.17) is 4.74 Å². The van der Waals surface area contributed by atoms with Gasteiger partial charge in [0.25, 0.3) is 0 Å². The number of carbonyl (C=O) groups is 1. The number of hydrogen-bond acceptors (Lipinski definition) is 3. The predicted molar refractivity (Wildman–Crippen MR) is 71.5 cm³/mol. The van der Waals surface area contributed by atoms with Crippen molar-refractivity contribution in [1.82, 2.24) is 9.80 Å². The SMILES string of the molecule is CO[C@@H]1CCN(C(=O)CN2CCCCCCC2)C1. The van der Waals surface area contributed by atoms with Crippen molar-refractivity contribution < 1.29 is 9.53 Å². The molecule has 18 heavy (non-hydrogen) atoms. The van der Waals surface area contributed by atoms with Crippen molar-refractivity contribution >= 4 is 5.91 Å². The first-order chi connectivity index (χ1) is 8.79. The predicted octanol–water partition coefficient (Wildman–Crippen LogP) is 1.50. The zero-order chi connectivity index (χ0) is 12.8. The normalized spacial score (nSPS) is 26.9. The van der Waals surface area contributed by atoms with Gasteiger partial charge >= 0.3 is 0 Å². The molecule has 2 heterocycles. The molecule has 0 radical (unpaired) electrons. The molecule has 0 aromatic heterocycles. The largest absolute Gasteiger partial charge is 0.380 e. The zero-order valence-corrected chi connectivity index (χ0v) is 11.6. The second-order valence-corrected chi connectivity index (χ2v) is 5.53. The van der Waals surface area contributed by atoms with E-state index in [0.29, 0.717) is 6.54 Å². The van der Waals surface area contributed by atoms with Gasteiger partial charge in [0.1, 0.15) is 0 Å². The molecule has 4 heteroatoms. The standard InChI is InChI=1S/C14H26N2O2/c1-18-13-7-10-16(11-13)14(17)12-15-8-5-3-2-4-6-9-15/h13H,2-12H2,1H3/t13-/m1/s1. The molecule has 2 aliphatic heterocycles. The number of ether oxygens (including phenoxy) is 1. The first-order valence-electron chi connectivity index (χ1n) is 7.32. The van der Waals surface area contributed by atoms with Gasteiger partial charge in [-0.05, 0) is 32.4 Å². The third-order valence-electron chi connectivity index (χ3n) is 4.14. The quantitative estimate of drug-likeness (QED) is 0.765. The minimum Gasteiger partial charge on any atom is -0.380 e. The van der Waals surface area contributed by atoms with Gasteiger partial charge in [0.2, 0.25) is 5.91 Å². The molecule has 1 atom stereocenters. The van der Waals surface area contributed by atoms with Gasteiger partial charge in [0, 0.05) is 20.2 Å². The van der Waals surface area contributed by atoms with E-state index in [1.54, 1.807) is 7.11 Å². The molecule has 0 unspecified atom stereocenters. The number of nitrogens with zero attached hydrogens (tertiary/aromatic N) is 2. The number of hydrogen-bond donors (Lipinski definition) is 0. The molecule has 0 aromatic carbocycles. The van der Waals surface area contributed by atoms with Crippen LogP contribution in [-0.2, 0) is 9.53 Å². The second kappa shape index (κ2) is 7.10. The van der Waals surface area contributed by atoms with E-state index in [-0.39, 0.29) is 12.0 Å². The Morgan fingerprint density at radius 1 is 1.11 bits per heavy atom. The summed E-state index contributed by atoms with van der Waals surface area (Å²) in [4.78, 5) is 16.5. The van der Waals surface area contributed by atoms with Gasteiger partial charge in [0.15, 0.2) is 0 Å². The molecule has 2 fully saturated rings. The Kier molecular flexibility index (Phi) is 5.45. The van der Waals surface area contributed by atoms with Gasteiger partial charge in [0.05, 0.1) is 12.6 Å². The molecule has 2 aliphatic rings. The number of likely N-dealkylation sites (tertiary alicyclic amines) is 2. The lowest BCUT2D eigenvalue weighted by molar-refractivity contribution is -0.131. The van der Waals surface area contributed by atoms with E-state index in [0.717, 1.165) is 32.6 Å². The van der Waals surface area contributed by atoms with Crippen LogP contribution in [0.25, 0.3) is 0 Å². The Morgan fingerprint density at radius 3 is 2.39 bits per heavy atom. The van der Waals surface area contributed by atoms with Crippen molar-refractivity contribution in [2.45, 2.75) is 44.6 Å². The van der Waals surface area contributed by atoms with E-state index in [1.165, 1.54) is 32.1 Å². The van der Waals surface area contributed by atoms with Crippen molar-refractivity contribution in [3.8, 4) is 0 Å². The number of carbonyl (C=O) groups excluding carboxylic acids is 1. The Morgan fingerprint density at radius 2 is 1.78 bits per heavy atom. The van der Waals surface area contributed by atoms with Crippen molar-refractivity contribution in [3.05, 3.63) is 0 Å². The Labute approximate surface area is 110 Å². The van der Waals surface area contributed by atoms with Crippen LogP contribution in [0.3, 0.4) is 0 Å². The van der Waals surface area contributed by atoms with Crippen LogP contribution < -0.4 is 0 Å². The third-order valence-corrected chi connectivity index (χ3v) is 4.14. The van der Waals surface area contributed by atoms with Gasteiger partial charge < -0.3 is 9.64 Å². The van der Waals surface area contributed by atoms with Crippen LogP contribution in [0.1, 0.15) is 38.5 Å². The van der Waals surface area contributed by atoms with Crippen LogP contribution in [0.5, 0.6) is 0 Å². The number of amides is 1. The summed E-state index contributed by atoms with van der Waals surface area (Å²) in [7, 11) is 1.73. The molecule has 4 nitrogen and oxygen atoms in total.